The number of aryl methyl sites for hydroxylation is 3. The van der Waals surface area contributed by atoms with Crippen molar-refractivity contribution in [2.75, 3.05) is 19.0 Å². The number of anilines is 1. The number of phenols is 1. The van der Waals surface area contributed by atoms with Crippen LogP contribution in [0.4, 0.5) is 10.5 Å². The number of carbonyl (C=O) groups excluding carboxylic acids is 1. The van der Waals surface area contributed by atoms with Crippen LogP contribution in [0.5, 0.6) is 5.75 Å². The molecule has 2 rings (SSSR count). The number of rotatable bonds is 5. The van der Waals surface area contributed by atoms with Gasteiger partial charge >= 0.3 is 6.03 Å². The highest BCUT2D eigenvalue weighted by Gasteiger charge is 2.21. The van der Waals surface area contributed by atoms with E-state index in [4.69, 9.17) is 0 Å². The predicted octanol–water partition coefficient (Wildman–Crippen LogP) is 4.52. The first-order valence-corrected chi connectivity index (χ1v) is 8.65. The number of urea groups is 1. The number of nitrogens with zero attached hydrogens (tertiary/aromatic N) is 2. The van der Waals surface area contributed by atoms with Gasteiger partial charge in [-0.25, -0.2) is 4.79 Å². The molecule has 1 unspecified atom stereocenters. The fraction of sp³-hybridized carbons (Fsp3) is 0.381. The highest BCUT2D eigenvalue weighted by atomic mass is 16.3. The maximum atomic E-state index is 12.8. The Kier molecular flexibility index (Phi) is 6.07. The summed E-state index contributed by atoms with van der Waals surface area (Å²) in [5.41, 5.74) is 4.34. The van der Waals surface area contributed by atoms with Crippen LogP contribution in [0.3, 0.4) is 0 Å². The van der Waals surface area contributed by atoms with Crippen molar-refractivity contribution >= 4 is 11.7 Å². The van der Waals surface area contributed by atoms with Crippen molar-refractivity contribution in [3.8, 4) is 5.75 Å². The third-order valence-corrected chi connectivity index (χ3v) is 4.76. The Hall–Kier alpha value is -2.49. The highest BCUT2D eigenvalue weighted by molar-refractivity contribution is 5.92. The summed E-state index contributed by atoms with van der Waals surface area (Å²) >= 11 is 0. The van der Waals surface area contributed by atoms with Gasteiger partial charge in [0.05, 0.1) is 0 Å². The quantitative estimate of drug-likeness (QED) is 0.870. The van der Waals surface area contributed by atoms with Crippen LogP contribution in [-0.4, -0.2) is 36.2 Å². The first-order chi connectivity index (χ1) is 11.8. The summed E-state index contributed by atoms with van der Waals surface area (Å²) < 4.78 is 0. The molecule has 0 aromatic heterocycles. The van der Waals surface area contributed by atoms with Gasteiger partial charge in [-0.05, 0) is 68.5 Å². The van der Waals surface area contributed by atoms with Gasteiger partial charge < -0.3 is 10.0 Å². The van der Waals surface area contributed by atoms with Gasteiger partial charge in [-0.1, -0.05) is 24.3 Å². The molecule has 25 heavy (non-hydrogen) atoms. The molecule has 1 N–H and O–H groups in total. The lowest BCUT2D eigenvalue weighted by atomic mass is 10.1. The SMILES string of the molecule is Cc1ccc(C)c(N(C)C(=O)N(C)C(C)CCc2ccc(O)cc2)c1. The molecule has 4 heteroatoms. The summed E-state index contributed by atoms with van der Waals surface area (Å²) in [6, 6.07) is 13.5. The van der Waals surface area contributed by atoms with Gasteiger partial charge in [0.25, 0.3) is 0 Å². The van der Waals surface area contributed by atoms with E-state index in [9.17, 15) is 9.90 Å². The van der Waals surface area contributed by atoms with Gasteiger partial charge in [0.2, 0.25) is 0 Å². The van der Waals surface area contributed by atoms with Crippen LogP contribution in [0.25, 0.3) is 0 Å². The van der Waals surface area contributed by atoms with E-state index in [1.54, 1.807) is 21.9 Å². The number of carbonyl (C=O) groups is 1. The zero-order valence-electron chi connectivity index (χ0n) is 15.8. The molecule has 0 spiro atoms. The average molecular weight is 340 g/mol. The number of hydrogen-bond donors (Lipinski definition) is 1. The second-order valence-electron chi connectivity index (χ2n) is 6.80. The Morgan fingerprint density at radius 3 is 2.36 bits per heavy atom. The molecule has 134 valence electrons. The largest absolute Gasteiger partial charge is 0.508 e. The first kappa shape index (κ1) is 18.8. The molecule has 2 aromatic carbocycles. The van der Waals surface area contributed by atoms with E-state index in [0.29, 0.717) is 0 Å². The number of amides is 2. The van der Waals surface area contributed by atoms with Crippen molar-refractivity contribution < 1.29 is 9.90 Å². The Bertz CT molecular complexity index is 725. The average Bonchev–Trinajstić information content (AvgIpc) is 2.61. The summed E-state index contributed by atoms with van der Waals surface area (Å²) in [6.07, 6.45) is 1.74. The van der Waals surface area contributed by atoms with E-state index in [-0.39, 0.29) is 17.8 Å². The molecule has 2 aromatic rings. The van der Waals surface area contributed by atoms with Gasteiger partial charge in [-0.3, -0.25) is 4.90 Å². The molecule has 0 radical (unpaired) electrons. The summed E-state index contributed by atoms with van der Waals surface area (Å²) in [6.45, 7) is 6.12. The van der Waals surface area contributed by atoms with Crippen molar-refractivity contribution in [3.05, 3.63) is 59.2 Å². The van der Waals surface area contributed by atoms with Crippen LogP contribution in [0, 0.1) is 13.8 Å². The van der Waals surface area contributed by atoms with Crippen LogP contribution < -0.4 is 4.90 Å². The summed E-state index contributed by atoms with van der Waals surface area (Å²) in [5.74, 6) is 0.277. The lowest BCUT2D eigenvalue weighted by Gasteiger charge is -2.30. The lowest BCUT2D eigenvalue weighted by molar-refractivity contribution is 0.199. The molecule has 0 fully saturated rings. The normalized spacial score (nSPS) is 11.9. The van der Waals surface area contributed by atoms with Crippen molar-refractivity contribution in [3.63, 3.8) is 0 Å². The second kappa shape index (κ2) is 8.06. The lowest BCUT2D eigenvalue weighted by Crippen LogP contribution is -2.43. The molecule has 0 bridgehead atoms. The minimum atomic E-state index is -0.00749. The topological polar surface area (TPSA) is 43.8 Å². The molecule has 1 atom stereocenters. The summed E-state index contributed by atoms with van der Waals surface area (Å²) in [5, 5.41) is 9.35. The van der Waals surface area contributed by atoms with Gasteiger partial charge in [0.1, 0.15) is 5.75 Å². The molecule has 0 aliphatic heterocycles. The fourth-order valence-electron chi connectivity index (χ4n) is 2.84. The predicted molar refractivity (Wildman–Crippen MR) is 103 cm³/mol. The van der Waals surface area contributed by atoms with Crippen molar-refractivity contribution in [2.45, 2.75) is 39.7 Å². The molecule has 0 saturated heterocycles. The van der Waals surface area contributed by atoms with Crippen LogP contribution in [0.15, 0.2) is 42.5 Å². The smallest absolute Gasteiger partial charge is 0.324 e. The van der Waals surface area contributed by atoms with E-state index in [2.05, 4.69) is 13.0 Å². The Labute approximate surface area is 150 Å². The van der Waals surface area contributed by atoms with Crippen LogP contribution in [0.1, 0.15) is 30.0 Å². The Balaban J connectivity index is 2.00. The van der Waals surface area contributed by atoms with Crippen molar-refractivity contribution in [1.29, 1.82) is 0 Å². The summed E-state index contributed by atoms with van der Waals surface area (Å²) in [7, 11) is 3.68. The number of benzene rings is 2. The Morgan fingerprint density at radius 1 is 1.08 bits per heavy atom. The first-order valence-electron chi connectivity index (χ1n) is 8.65. The van der Waals surface area contributed by atoms with Crippen molar-refractivity contribution in [1.82, 2.24) is 4.90 Å². The fourth-order valence-corrected chi connectivity index (χ4v) is 2.84. The van der Waals surface area contributed by atoms with Gasteiger partial charge in [-0.2, -0.15) is 0 Å². The zero-order chi connectivity index (χ0) is 18.6. The van der Waals surface area contributed by atoms with E-state index in [1.165, 1.54) is 0 Å². The maximum absolute atomic E-state index is 12.8. The number of aromatic hydroxyl groups is 1. The molecular formula is C21H28N2O2. The molecule has 0 saturated carbocycles. The van der Waals surface area contributed by atoms with Gasteiger partial charge in [0.15, 0.2) is 0 Å². The van der Waals surface area contributed by atoms with Gasteiger partial charge in [0, 0.05) is 25.8 Å². The van der Waals surface area contributed by atoms with E-state index in [1.807, 2.05) is 52.2 Å². The zero-order valence-corrected chi connectivity index (χ0v) is 15.8. The summed E-state index contributed by atoms with van der Waals surface area (Å²) in [4.78, 5) is 16.3. The molecule has 2 amide bonds. The van der Waals surface area contributed by atoms with Crippen LogP contribution in [0.2, 0.25) is 0 Å². The van der Waals surface area contributed by atoms with Crippen LogP contribution in [-0.2, 0) is 6.42 Å². The second-order valence-corrected chi connectivity index (χ2v) is 6.80. The maximum Gasteiger partial charge on any atom is 0.324 e. The van der Waals surface area contributed by atoms with E-state index in [0.717, 1.165) is 35.2 Å². The highest BCUT2D eigenvalue weighted by Crippen LogP contribution is 2.22. The monoisotopic (exact) mass is 340 g/mol. The molecule has 0 aliphatic carbocycles. The Morgan fingerprint density at radius 2 is 1.72 bits per heavy atom. The third-order valence-electron chi connectivity index (χ3n) is 4.76. The standard InChI is InChI=1S/C21H28N2O2/c1-15-6-7-16(2)20(14-15)23(5)21(25)22(4)17(3)8-9-18-10-12-19(24)13-11-18/h6-7,10-14,17,24H,8-9H2,1-5H3. The minimum absolute atomic E-state index is 0.00749. The third kappa shape index (κ3) is 4.75. The number of phenolic OH excluding ortho intramolecular Hbond substituents is 1. The van der Waals surface area contributed by atoms with Crippen molar-refractivity contribution in [2.24, 2.45) is 0 Å². The van der Waals surface area contributed by atoms with Crippen LogP contribution >= 0.6 is 0 Å². The number of hydrogen-bond acceptors (Lipinski definition) is 2. The van der Waals surface area contributed by atoms with E-state index >= 15 is 0 Å². The van der Waals surface area contributed by atoms with Gasteiger partial charge in [-0.15, -0.1) is 0 Å². The van der Waals surface area contributed by atoms with E-state index < -0.39 is 0 Å². The molecule has 0 aliphatic rings. The molecule has 0 heterocycles. The molecular weight excluding hydrogens is 312 g/mol. The molecule has 4 nitrogen and oxygen atoms in total. The minimum Gasteiger partial charge on any atom is -0.508 e.